The first-order chi connectivity index (χ1) is 9.74. The van der Waals surface area contributed by atoms with Crippen LogP contribution in [0.1, 0.15) is 23.2 Å². The van der Waals surface area contributed by atoms with Gasteiger partial charge in [0.25, 0.3) is 5.22 Å². The number of carbonyl (C=O) groups excluding carboxylic acids is 1. The van der Waals surface area contributed by atoms with Gasteiger partial charge in [-0.05, 0) is 13.0 Å². The fourth-order valence-electron chi connectivity index (χ4n) is 1.40. The molecule has 2 rings (SSSR count). The molecule has 0 saturated heterocycles. The lowest BCUT2D eigenvalue weighted by molar-refractivity contribution is 0.0475. The number of thioether (sulfide) groups is 1. The molecule has 0 saturated carbocycles. The van der Waals surface area contributed by atoms with E-state index in [9.17, 15) is 4.79 Å². The summed E-state index contributed by atoms with van der Waals surface area (Å²) in [5, 5.41) is 7.70. The van der Waals surface area contributed by atoms with E-state index >= 15 is 0 Å². The molecule has 0 aliphatic heterocycles. The van der Waals surface area contributed by atoms with E-state index in [0.717, 1.165) is 5.56 Å². The van der Waals surface area contributed by atoms with Crippen molar-refractivity contribution in [3.05, 3.63) is 29.8 Å². The molecule has 0 radical (unpaired) electrons. The Kier molecular flexibility index (Phi) is 4.94. The third kappa shape index (κ3) is 3.47. The third-order valence-corrected chi connectivity index (χ3v) is 3.12. The lowest BCUT2D eigenvalue weighted by Gasteiger charge is -2.04. The van der Waals surface area contributed by atoms with Crippen LogP contribution in [-0.2, 0) is 10.5 Å². The van der Waals surface area contributed by atoms with Gasteiger partial charge in [0.2, 0.25) is 5.88 Å². The highest BCUT2D eigenvalue weighted by atomic mass is 32.2. The summed E-state index contributed by atoms with van der Waals surface area (Å²) in [6.45, 7) is 1.97. The summed E-state index contributed by atoms with van der Waals surface area (Å²) in [5.41, 5.74) is 0.899. The maximum Gasteiger partial charge on any atom is 0.396 e. The zero-order valence-electron chi connectivity index (χ0n) is 11.0. The first kappa shape index (κ1) is 14.3. The Morgan fingerprint density at radius 3 is 3.05 bits per heavy atom. The average Bonchev–Trinajstić information content (AvgIpc) is 2.94. The second-order valence-electron chi connectivity index (χ2n) is 3.55. The van der Waals surface area contributed by atoms with Crippen molar-refractivity contribution in [1.29, 1.82) is 0 Å². The van der Waals surface area contributed by atoms with Crippen LogP contribution in [0.3, 0.4) is 0 Å². The van der Waals surface area contributed by atoms with Crippen LogP contribution in [0, 0.1) is 0 Å². The van der Waals surface area contributed by atoms with E-state index in [4.69, 9.17) is 13.9 Å². The van der Waals surface area contributed by atoms with Gasteiger partial charge in [-0.1, -0.05) is 22.9 Å². The van der Waals surface area contributed by atoms with Crippen LogP contribution in [-0.4, -0.2) is 34.9 Å². The number of hydrogen-bond donors (Lipinski definition) is 0. The molecule has 0 spiro atoms. The number of rotatable bonds is 6. The molecule has 2 aromatic rings. The molecular formula is C12H13N3O4S. The van der Waals surface area contributed by atoms with E-state index in [1.807, 2.05) is 12.1 Å². The minimum atomic E-state index is -0.620. The molecule has 2 heterocycles. The zero-order valence-corrected chi connectivity index (χ0v) is 11.8. The minimum Gasteiger partial charge on any atom is -0.481 e. The number of aromatic nitrogens is 3. The van der Waals surface area contributed by atoms with Crippen molar-refractivity contribution in [1.82, 2.24) is 15.2 Å². The lowest BCUT2D eigenvalue weighted by atomic mass is 10.3. The van der Waals surface area contributed by atoms with E-state index in [0.29, 0.717) is 16.9 Å². The van der Waals surface area contributed by atoms with Gasteiger partial charge in [-0.25, -0.2) is 9.78 Å². The molecule has 0 N–H and O–H groups in total. The summed E-state index contributed by atoms with van der Waals surface area (Å²) in [6.07, 6.45) is 1.65. The standard InChI is InChI=1S/C12H13N3O4S/c1-3-18-11(16)10-14-15-12(19-10)20-7-8-5-4-6-13-9(8)17-2/h4-6H,3,7H2,1-2H3. The first-order valence-corrected chi connectivity index (χ1v) is 6.84. The summed E-state index contributed by atoms with van der Waals surface area (Å²) in [4.78, 5) is 15.5. The predicted molar refractivity (Wildman–Crippen MR) is 70.6 cm³/mol. The molecule has 0 fully saturated rings. The van der Waals surface area contributed by atoms with E-state index in [1.165, 1.54) is 11.8 Å². The summed E-state index contributed by atoms with van der Waals surface area (Å²) < 4.78 is 15.1. The smallest absolute Gasteiger partial charge is 0.396 e. The Hall–Kier alpha value is -2.09. The van der Waals surface area contributed by atoms with Crippen LogP contribution in [0.5, 0.6) is 5.88 Å². The van der Waals surface area contributed by atoms with Crippen LogP contribution < -0.4 is 4.74 Å². The van der Waals surface area contributed by atoms with Gasteiger partial charge in [0.05, 0.1) is 13.7 Å². The van der Waals surface area contributed by atoms with Gasteiger partial charge in [-0.3, -0.25) is 0 Å². The molecule has 106 valence electrons. The molecule has 2 aromatic heterocycles. The van der Waals surface area contributed by atoms with Crippen molar-refractivity contribution in [2.45, 2.75) is 17.9 Å². The van der Waals surface area contributed by atoms with E-state index in [1.54, 1.807) is 20.2 Å². The summed E-state index contributed by atoms with van der Waals surface area (Å²) in [5.74, 6) is 0.324. The Morgan fingerprint density at radius 2 is 2.30 bits per heavy atom. The molecule has 0 unspecified atom stereocenters. The Balaban J connectivity index is 1.99. The quantitative estimate of drug-likeness (QED) is 0.590. The Morgan fingerprint density at radius 1 is 1.45 bits per heavy atom. The number of pyridine rings is 1. The van der Waals surface area contributed by atoms with E-state index < -0.39 is 5.97 Å². The van der Waals surface area contributed by atoms with Crippen LogP contribution in [0.15, 0.2) is 28.0 Å². The second kappa shape index (κ2) is 6.90. The zero-order chi connectivity index (χ0) is 14.4. The summed E-state index contributed by atoms with van der Waals surface area (Å²) >= 11 is 1.29. The molecule has 0 bridgehead atoms. The van der Waals surface area contributed by atoms with Crippen LogP contribution in [0.4, 0.5) is 0 Å². The topological polar surface area (TPSA) is 87.3 Å². The number of methoxy groups -OCH3 is 1. The molecule has 0 aliphatic rings. The molecule has 8 heteroatoms. The van der Waals surface area contributed by atoms with Crippen molar-refractivity contribution in [2.75, 3.05) is 13.7 Å². The Labute approximate surface area is 119 Å². The first-order valence-electron chi connectivity index (χ1n) is 5.86. The summed E-state index contributed by atoms with van der Waals surface area (Å²) in [7, 11) is 1.56. The van der Waals surface area contributed by atoms with Crippen LogP contribution in [0.2, 0.25) is 0 Å². The fourth-order valence-corrected chi connectivity index (χ4v) is 2.14. The number of nitrogens with zero attached hydrogens (tertiary/aromatic N) is 3. The largest absolute Gasteiger partial charge is 0.481 e. The van der Waals surface area contributed by atoms with Gasteiger partial charge < -0.3 is 13.9 Å². The highest BCUT2D eigenvalue weighted by Gasteiger charge is 2.16. The fraction of sp³-hybridized carbons (Fsp3) is 0.333. The van der Waals surface area contributed by atoms with Gasteiger partial charge in [-0.15, -0.1) is 5.10 Å². The van der Waals surface area contributed by atoms with Crippen molar-refractivity contribution in [3.63, 3.8) is 0 Å². The maximum atomic E-state index is 11.4. The molecule has 0 aromatic carbocycles. The second-order valence-corrected chi connectivity index (χ2v) is 4.48. The molecule has 20 heavy (non-hydrogen) atoms. The van der Waals surface area contributed by atoms with Gasteiger partial charge in [0.1, 0.15) is 0 Å². The molecule has 7 nitrogen and oxygen atoms in total. The number of ether oxygens (including phenoxy) is 2. The van der Waals surface area contributed by atoms with Crippen molar-refractivity contribution >= 4 is 17.7 Å². The highest BCUT2D eigenvalue weighted by Crippen LogP contribution is 2.25. The van der Waals surface area contributed by atoms with Gasteiger partial charge in [0.15, 0.2) is 0 Å². The molecule has 0 atom stereocenters. The lowest BCUT2D eigenvalue weighted by Crippen LogP contribution is -2.04. The molecule has 0 aliphatic carbocycles. The third-order valence-electron chi connectivity index (χ3n) is 2.25. The monoisotopic (exact) mass is 295 g/mol. The highest BCUT2D eigenvalue weighted by molar-refractivity contribution is 7.98. The number of hydrogen-bond acceptors (Lipinski definition) is 8. The Bertz CT molecular complexity index is 588. The number of carbonyl (C=O) groups is 1. The van der Waals surface area contributed by atoms with Gasteiger partial charge in [0, 0.05) is 17.5 Å². The van der Waals surface area contributed by atoms with E-state index in [-0.39, 0.29) is 12.5 Å². The minimum absolute atomic E-state index is 0.146. The SMILES string of the molecule is CCOC(=O)c1nnc(SCc2cccnc2OC)o1. The van der Waals surface area contributed by atoms with Gasteiger partial charge in [-0.2, -0.15) is 0 Å². The van der Waals surface area contributed by atoms with E-state index in [2.05, 4.69) is 15.2 Å². The average molecular weight is 295 g/mol. The predicted octanol–water partition coefficient (Wildman–Crippen LogP) is 1.94. The van der Waals surface area contributed by atoms with Crippen LogP contribution >= 0.6 is 11.8 Å². The number of esters is 1. The molecule has 0 amide bonds. The van der Waals surface area contributed by atoms with Gasteiger partial charge >= 0.3 is 11.9 Å². The van der Waals surface area contributed by atoms with Crippen molar-refractivity contribution in [2.24, 2.45) is 0 Å². The normalized spacial score (nSPS) is 10.3. The summed E-state index contributed by atoms with van der Waals surface area (Å²) in [6, 6.07) is 3.71. The van der Waals surface area contributed by atoms with Crippen LogP contribution in [0.25, 0.3) is 0 Å². The van der Waals surface area contributed by atoms with Crippen molar-refractivity contribution in [3.8, 4) is 5.88 Å². The molecular weight excluding hydrogens is 282 g/mol. The maximum absolute atomic E-state index is 11.4. The van der Waals surface area contributed by atoms with Crippen molar-refractivity contribution < 1.29 is 18.7 Å².